The molecule has 0 unspecified atom stereocenters. The van der Waals surface area contributed by atoms with E-state index in [0.29, 0.717) is 12.5 Å². The van der Waals surface area contributed by atoms with E-state index in [1.807, 2.05) is 23.0 Å². The summed E-state index contributed by atoms with van der Waals surface area (Å²) in [5, 5.41) is 4.48. The number of aromatic nitrogens is 2. The fourth-order valence-corrected chi connectivity index (χ4v) is 3.74. The van der Waals surface area contributed by atoms with E-state index in [1.165, 1.54) is 0 Å². The molecule has 10 heteroatoms. The second-order valence-electron chi connectivity index (χ2n) is 7.67. The average molecular weight is 480 g/mol. The number of carbonyl (C=O) groups is 4. The molecule has 2 heterocycles. The molecule has 1 aliphatic rings. The van der Waals surface area contributed by atoms with Crippen LogP contribution in [0.4, 0.5) is 0 Å². The summed E-state index contributed by atoms with van der Waals surface area (Å²) in [4.78, 5) is 46.1. The number of likely N-dealkylation sites (tertiary alicyclic amines) is 1. The van der Waals surface area contributed by atoms with Crippen molar-refractivity contribution in [2.45, 2.75) is 53.1 Å². The van der Waals surface area contributed by atoms with Gasteiger partial charge < -0.3 is 14.4 Å². The number of rotatable bonds is 5. The van der Waals surface area contributed by atoms with Crippen LogP contribution in [0.2, 0.25) is 0 Å². The maximum atomic E-state index is 12.6. The average Bonchev–Trinajstić information content (AvgIpc) is 3.21. The fourth-order valence-electron chi connectivity index (χ4n) is 3.69. The molecule has 1 aliphatic heterocycles. The van der Waals surface area contributed by atoms with Gasteiger partial charge in [-0.1, -0.05) is 13.0 Å². The monoisotopic (exact) mass is 479 g/mol. The first kappa shape index (κ1) is 26.3. The van der Waals surface area contributed by atoms with Gasteiger partial charge in [-0.2, -0.15) is 5.10 Å². The number of aryl methyl sites for hydroxylation is 1. The minimum Gasteiger partial charge on any atom is -0.459 e. The number of fused-ring (bicyclic) bond motifs is 1. The summed E-state index contributed by atoms with van der Waals surface area (Å²) in [7, 11) is 0. The number of benzene rings is 1. The van der Waals surface area contributed by atoms with Crippen LogP contribution in [0.25, 0.3) is 10.9 Å². The third-order valence-corrected chi connectivity index (χ3v) is 5.40. The van der Waals surface area contributed by atoms with Crippen LogP contribution in [0, 0.1) is 5.92 Å². The van der Waals surface area contributed by atoms with Crippen LogP contribution in [0.3, 0.4) is 0 Å². The molecule has 3 rings (SSSR count). The first-order valence-electron chi connectivity index (χ1n) is 11.0. The lowest BCUT2D eigenvalue weighted by Crippen LogP contribution is -2.45. The van der Waals surface area contributed by atoms with Gasteiger partial charge in [-0.05, 0) is 68.8 Å². The van der Waals surface area contributed by atoms with Gasteiger partial charge in [0, 0.05) is 24.7 Å². The SMILES string of the molecule is CCOC(=O)C(=O)Cl.CCOC(=O)C(=O)N1C[C@@H](C)CC[C@@H]1c1ccc2nn(CC)cc2c1. The van der Waals surface area contributed by atoms with E-state index in [9.17, 15) is 19.2 Å². The Morgan fingerprint density at radius 3 is 2.30 bits per heavy atom. The number of amides is 1. The van der Waals surface area contributed by atoms with Gasteiger partial charge in [0.15, 0.2) is 0 Å². The van der Waals surface area contributed by atoms with E-state index in [4.69, 9.17) is 16.3 Å². The Morgan fingerprint density at radius 1 is 1.06 bits per heavy atom. The summed E-state index contributed by atoms with van der Waals surface area (Å²) in [6.45, 7) is 9.24. The van der Waals surface area contributed by atoms with Crippen LogP contribution in [0.1, 0.15) is 52.1 Å². The van der Waals surface area contributed by atoms with Gasteiger partial charge in [-0.3, -0.25) is 14.3 Å². The van der Waals surface area contributed by atoms with Crippen LogP contribution >= 0.6 is 11.6 Å². The summed E-state index contributed by atoms with van der Waals surface area (Å²) in [6, 6.07) is 5.99. The highest BCUT2D eigenvalue weighted by Crippen LogP contribution is 2.34. The molecule has 1 saturated heterocycles. The lowest BCUT2D eigenvalue weighted by Gasteiger charge is -2.38. The molecule has 33 heavy (non-hydrogen) atoms. The van der Waals surface area contributed by atoms with Gasteiger partial charge in [-0.25, -0.2) is 9.59 Å². The maximum absolute atomic E-state index is 12.6. The molecule has 1 fully saturated rings. The number of hydrogen-bond acceptors (Lipinski definition) is 7. The molecule has 0 bridgehead atoms. The zero-order chi connectivity index (χ0) is 24.5. The Labute approximate surface area is 197 Å². The van der Waals surface area contributed by atoms with Gasteiger partial charge >= 0.3 is 23.1 Å². The van der Waals surface area contributed by atoms with Gasteiger partial charge in [0.25, 0.3) is 0 Å². The van der Waals surface area contributed by atoms with Gasteiger partial charge in [-0.15, -0.1) is 0 Å². The Hall–Kier alpha value is -2.94. The quantitative estimate of drug-likeness (QED) is 0.368. The third-order valence-electron chi connectivity index (χ3n) is 5.25. The Morgan fingerprint density at radius 2 is 1.73 bits per heavy atom. The number of halogens is 1. The van der Waals surface area contributed by atoms with Crippen LogP contribution in [0.5, 0.6) is 0 Å². The van der Waals surface area contributed by atoms with E-state index < -0.39 is 23.1 Å². The van der Waals surface area contributed by atoms with E-state index in [-0.39, 0.29) is 19.3 Å². The van der Waals surface area contributed by atoms with Crippen LogP contribution in [0.15, 0.2) is 24.4 Å². The number of carbonyl (C=O) groups excluding carboxylic acids is 4. The summed E-state index contributed by atoms with van der Waals surface area (Å²) in [6.07, 6.45) is 3.89. The maximum Gasteiger partial charge on any atom is 0.397 e. The van der Waals surface area contributed by atoms with Crippen molar-refractivity contribution in [3.8, 4) is 0 Å². The first-order chi connectivity index (χ1) is 15.7. The van der Waals surface area contributed by atoms with Gasteiger partial charge in [0.2, 0.25) is 0 Å². The molecule has 2 aromatic rings. The number of nitrogens with zero attached hydrogens (tertiary/aromatic N) is 3. The third kappa shape index (κ3) is 7.02. The Balaban J connectivity index is 0.000000414. The van der Waals surface area contributed by atoms with Crippen molar-refractivity contribution in [2.75, 3.05) is 19.8 Å². The molecule has 9 nitrogen and oxygen atoms in total. The minimum absolute atomic E-state index is 0.0949. The highest BCUT2D eigenvalue weighted by atomic mass is 35.5. The Kier molecular flexibility index (Phi) is 9.84. The zero-order valence-electron chi connectivity index (χ0n) is 19.4. The molecule has 0 aliphatic carbocycles. The fraction of sp³-hybridized carbons (Fsp3) is 0.522. The molecule has 0 spiro atoms. The minimum atomic E-state index is -1.08. The molecule has 1 aromatic carbocycles. The van der Waals surface area contributed by atoms with Crippen LogP contribution < -0.4 is 0 Å². The predicted octanol–water partition coefficient (Wildman–Crippen LogP) is 3.23. The second-order valence-corrected chi connectivity index (χ2v) is 8.02. The molecule has 0 N–H and O–H groups in total. The van der Waals surface area contributed by atoms with Crippen molar-refractivity contribution >= 4 is 45.6 Å². The lowest BCUT2D eigenvalue weighted by atomic mass is 9.89. The second kappa shape index (κ2) is 12.3. The van der Waals surface area contributed by atoms with Gasteiger partial charge in [0.1, 0.15) is 0 Å². The van der Waals surface area contributed by atoms with Crippen LogP contribution in [-0.4, -0.2) is 57.5 Å². The summed E-state index contributed by atoms with van der Waals surface area (Å²) < 4.78 is 11.0. The van der Waals surface area contributed by atoms with E-state index >= 15 is 0 Å². The number of esters is 2. The number of ether oxygens (including phenoxy) is 2. The summed E-state index contributed by atoms with van der Waals surface area (Å²) in [5.74, 6) is -1.92. The molecule has 0 saturated carbocycles. The van der Waals surface area contributed by atoms with E-state index in [1.54, 1.807) is 18.7 Å². The summed E-state index contributed by atoms with van der Waals surface area (Å²) in [5.41, 5.74) is 1.99. The largest absolute Gasteiger partial charge is 0.459 e. The standard InChI is InChI=1S/C19H25N3O3.C4H5ClO3/c1-4-21-12-15-10-14(7-8-16(15)20-21)17-9-6-13(3)11-22(17)18(23)19(24)25-5-2;1-2-8-4(7)3(5)6/h7-8,10,12-13,17H,4-6,9,11H2,1-3H3;2H2,1H3/t13-,17+;/m0./s1. The highest BCUT2D eigenvalue weighted by molar-refractivity contribution is 6.80. The number of hydrogen-bond donors (Lipinski definition) is 0. The van der Waals surface area contributed by atoms with E-state index in [0.717, 1.165) is 35.9 Å². The van der Waals surface area contributed by atoms with Crippen molar-refractivity contribution in [3.05, 3.63) is 30.0 Å². The molecule has 1 aromatic heterocycles. The molecule has 1 amide bonds. The molecular weight excluding hydrogens is 450 g/mol. The lowest BCUT2D eigenvalue weighted by molar-refractivity contribution is -0.162. The van der Waals surface area contributed by atoms with Crippen molar-refractivity contribution < 1.29 is 28.7 Å². The van der Waals surface area contributed by atoms with E-state index in [2.05, 4.69) is 29.7 Å². The van der Waals surface area contributed by atoms with Crippen LogP contribution in [-0.2, 0) is 35.2 Å². The summed E-state index contributed by atoms with van der Waals surface area (Å²) >= 11 is 4.69. The van der Waals surface area contributed by atoms with Crippen molar-refractivity contribution in [1.29, 1.82) is 0 Å². The molecular formula is C23H30ClN3O6. The first-order valence-corrected chi connectivity index (χ1v) is 11.4. The van der Waals surface area contributed by atoms with Crippen molar-refractivity contribution in [3.63, 3.8) is 0 Å². The molecule has 180 valence electrons. The number of piperidine rings is 1. The Bertz CT molecular complexity index is 1010. The molecule has 0 radical (unpaired) electrons. The normalized spacial score (nSPS) is 17.7. The van der Waals surface area contributed by atoms with Crippen molar-refractivity contribution in [2.24, 2.45) is 5.92 Å². The topological polar surface area (TPSA) is 108 Å². The smallest absolute Gasteiger partial charge is 0.397 e. The zero-order valence-corrected chi connectivity index (χ0v) is 20.1. The van der Waals surface area contributed by atoms with Gasteiger partial charge in [0.05, 0.1) is 24.8 Å². The molecule has 2 atom stereocenters. The predicted molar refractivity (Wildman–Crippen MR) is 122 cm³/mol. The van der Waals surface area contributed by atoms with Crippen molar-refractivity contribution in [1.82, 2.24) is 14.7 Å². The highest BCUT2D eigenvalue weighted by Gasteiger charge is 2.35.